The number of likely N-dealkylation sites (N-methyl/N-ethyl adjacent to an activating group) is 1. The molecule has 1 N–H and O–H groups in total. The van der Waals surface area contributed by atoms with Crippen LogP contribution in [0.25, 0.3) is 0 Å². The largest absolute Gasteiger partial charge is 0.336 e. The first-order valence-electron chi connectivity index (χ1n) is 7.70. The minimum Gasteiger partial charge on any atom is -0.336 e. The zero-order chi connectivity index (χ0) is 15.2. The fourth-order valence-corrected chi connectivity index (χ4v) is 3.39. The highest BCUT2D eigenvalue weighted by atomic mass is 32.1. The third kappa shape index (κ3) is 4.68. The summed E-state index contributed by atoms with van der Waals surface area (Å²) in [5.41, 5.74) is 2.94. The molecule has 118 valence electrons. The van der Waals surface area contributed by atoms with Crippen LogP contribution in [0.2, 0.25) is 0 Å². The van der Waals surface area contributed by atoms with E-state index in [0.717, 1.165) is 38.3 Å². The highest BCUT2D eigenvalue weighted by Crippen LogP contribution is 2.13. The van der Waals surface area contributed by atoms with Crippen LogP contribution >= 0.6 is 11.3 Å². The molecular formula is C15H26N4OS. The van der Waals surface area contributed by atoms with Gasteiger partial charge in [0.2, 0.25) is 0 Å². The molecule has 21 heavy (non-hydrogen) atoms. The van der Waals surface area contributed by atoms with E-state index in [1.807, 2.05) is 19.5 Å². The van der Waals surface area contributed by atoms with Crippen LogP contribution in [-0.4, -0.2) is 60.1 Å². The number of aryl methyl sites for hydroxylation is 1. The quantitative estimate of drug-likeness (QED) is 0.875. The van der Waals surface area contributed by atoms with Crippen molar-refractivity contribution in [3.63, 3.8) is 0 Å². The second-order valence-electron chi connectivity index (χ2n) is 5.81. The number of amides is 2. The van der Waals surface area contributed by atoms with Gasteiger partial charge in [0, 0.05) is 37.5 Å². The van der Waals surface area contributed by atoms with Crippen LogP contribution in [0, 0.1) is 6.92 Å². The summed E-state index contributed by atoms with van der Waals surface area (Å²) >= 11 is 1.66. The summed E-state index contributed by atoms with van der Waals surface area (Å²) in [5.74, 6) is 0. The molecule has 1 aromatic heterocycles. The maximum absolute atomic E-state index is 12.1. The average Bonchev–Trinajstić information content (AvgIpc) is 3.13. The van der Waals surface area contributed by atoms with Crippen molar-refractivity contribution in [2.24, 2.45) is 0 Å². The van der Waals surface area contributed by atoms with E-state index < -0.39 is 0 Å². The Morgan fingerprint density at radius 1 is 1.52 bits per heavy atom. The molecule has 0 radical (unpaired) electrons. The third-order valence-corrected chi connectivity index (χ3v) is 5.17. The van der Waals surface area contributed by atoms with Crippen LogP contribution in [0.5, 0.6) is 0 Å². The summed E-state index contributed by atoms with van der Waals surface area (Å²) in [6.45, 7) is 7.99. The number of hydrogen-bond donors (Lipinski definition) is 1. The molecule has 5 nitrogen and oxygen atoms in total. The maximum Gasteiger partial charge on any atom is 0.317 e. The van der Waals surface area contributed by atoms with Crippen molar-refractivity contribution in [3.05, 3.63) is 16.1 Å². The SMILES string of the molecule is Cc1ncsc1CCN(C)C(=O)NC[C@H](C)N1CCCC1. The van der Waals surface area contributed by atoms with E-state index in [2.05, 4.69) is 22.1 Å². The summed E-state index contributed by atoms with van der Waals surface area (Å²) in [6.07, 6.45) is 3.45. The first kappa shape index (κ1) is 16.2. The van der Waals surface area contributed by atoms with Crippen LogP contribution in [0.1, 0.15) is 30.3 Å². The van der Waals surface area contributed by atoms with Gasteiger partial charge < -0.3 is 10.2 Å². The van der Waals surface area contributed by atoms with Gasteiger partial charge in [-0.15, -0.1) is 11.3 Å². The fourth-order valence-electron chi connectivity index (χ4n) is 2.62. The van der Waals surface area contributed by atoms with Gasteiger partial charge in [-0.25, -0.2) is 9.78 Å². The van der Waals surface area contributed by atoms with Gasteiger partial charge in [0.05, 0.1) is 11.2 Å². The zero-order valence-electron chi connectivity index (χ0n) is 13.3. The molecule has 0 spiro atoms. The topological polar surface area (TPSA) is 48.5 Å². The lowest BCUT2D eigenvalue weighted by atomic mass is 10.3. The summed E-state index contributed by atoms with van der Waals surface area (Å²) in [5, 5.41) is 3.04. The number of nitrogens with one attached hydrogen (secondary N) is 1. The molecule has 2 rings (SSSR count). The number of aromatic nitrogens is 1. The second-order valence-corrected chi connectivity index (χ2v) is 6.75. The Balaban J connectivity index is 1.68. The number of nitrogens with zero attached hydrogens (tertiary/aromatic N) is 3. The number of thiazole rings is 1. The number of carbonyl (C=O) groups is 1. The Labute approximate surface area is 131 Å². The standard InChI is InChI=1S/C15H26N4OS/c1-12(19-7-4-5-8-19)10-16-15(20)18(3)9-6-14-13(2)17-11-21-14/h11-12H,4-10H2,1-3H3,(H,16,20)/t12-/m0/s1. The molecule has 0 unspecified atom stereocenters. The van der Waals surface area contributed by atoms with Crippen molar-refractivity contribution >= 4 is 17.4 Å². The molecule has 1 aliphatic heterocycles. The van der Waals surface area contributed by atoms with Gasteiger partial charge in [-0.1, -0.05) is 0 Å². The summed E-state index contributed by atoms with van der Waals surface area (Å²) in [6, 6.07) is 0.441. The molecule has 1 atom stereocenters. The van der Waals surface area contributed by atoms with Crippen molar-refractivity contribution in [2.45, 2.75) is 39.2 Å². The average molecular weight is 310 g/mol. The Bertz CT molecular complexity index is 456. The molecule has 1 saturated heterocycles. The summed E-state index contributed by atoms with van der Waals surface area (Å²) in [7, 11) is 1.85. The van der Waals surface area contributed by atoms with Crippen LogP contribution in [0.4, 0.5) is 4.79 Å². The van der Waals surface area contributed by atoms with Crippen molar-refractivity contribution in [2.75, 3.05) is 33.2 Å². The van der Waals surface area contributed by atoms with E-state index in [1.165, 1.54) is 17.7 Å². The van der Waals surface area contributed by atoms with Gasteiger partial charge in [-0.2, -0.15) is 0 Å². The van der Waals surface area contributed by atoms with Crippen molar-refractivity contribution in [1.29, 1.82) is 0 Å². The van der Waals surface area contributed by atoms with Crippen molar-refractivity contribution in [1.82, 2.24) is 20.1 Å². The highest BCUT2D eigenvalue weighted by molar-refractivity contribution is 7.09. The van der Waals surface area contributed by atoms with Gasteiger partial charge in [-0.05, 0) is 39.8 Å². The smallest absolute Gasteiger partial charge is 0.317 e. The first-order chi connectivity index (χ1) is 10.1. The molecule has 0 aliphatic carbocycles. The Kier molecular flexibility index (Phi) is 5.99. The molecule has 1 aliphatic rings. The lowest BCUT2D eigenvalue weighted by Gasteiger charge is -2.25. The normalized spacial score (nSPS) is 16.9. The lowest BCUT2D eigenvalue weighted by molar-refractivity contribution is 0.200. The lowest BCUT2D eigenvalue weighted by Crippen LogP contribution is -2.45. The van der Waals surface area contributed by atoms with Gasteiger partial charge in [0.15, 0.2) is 0 Å². The number of likely N-dealkylation sites (tertiary alicyclic amines) is 1. The molecule has 1 aromatic rings. The Hall–Kier alpha value is -1.14. The zero-order valence-corrected chi connectivity index (χ0v) is 14.1. The number of rotatable bonds is 6. The van der Waals surface area contributed by atoms with Crippen molar-refractivity contribution in [3.8, 4) is 0 Å². The van der Waals surface area contributed by atoms with Crippen LogP contribution in [-0.2, 0) is 6.42 Å². The number of carbonyl (C=O) groups excluding carboxylic acids is 1. The molecular weight excluding hydrogens is 284 g/mol. The third-order valence-electron chi connectivity index (χ3n) is 4.18. The van der Waals surface area contributed by atoms with Gasteiger partial charge in [0.1, 0.15) is 0 Å². The number of urea groups is 1. The van der Waals surface area contributed by atoms with Crippen LogP contribution in [0.15, 0.2) is 5.51 Å². The molecule has 2 amide bonds. The number of hydrogen-bond acceptors (Lipinski definition) is 4. The van der Waals surface area contributed by atoms with Crippen LogP contribution in [0.3, 0.4) is 0 Å². The van der Waals surface area contributed by atoms with E-state index in [-0.39, 0.29) is 6.03 Å². The maximum atomic E-state index is 12.1. The Morgan fingerprint density at radius 2 is 2.24 bits per heavy atom. The first-order valence-corrected chi connectivity index (χ1v) is 8.58. The molecule has 0 saturated carbocycles. The molecule has 0 bridgehead atoms. The second kappa shape index (κ2) is 7.75. The van der Waals surface area contributed by atoms with Crippen LogP contribution < -0.4 is 5.32 Å². The predicted octanol–water partition coefficient (Wildman–Crippen LogP) is 2.12. The van der Waals surface area contributed by atoms with E-state index in [1.54, 1.807) is 16.2 Å². The molecule has 6 heteroatoms. The molecule has 2 heterocycles. The van der Waals surface area contributed by atoms with E-state index >= 15 is 0 Å². The fraction of sp³-hybridized carbons (Fsp3) is 0.733. The summed E-state index contributed by atoms with van der Waals surface area (Å²) in [4.78, 5) is 21.8. The summed E-state index contributed by atoms with van der Waals surface area (Å²) < 4.78 is 0. The minimum atomic E-state index is 0.0169. The van der Waals surface area contributed by atoms with E-state index in [4.69, 9.17) is 0 Å². The Morgan fingerprint density at radius 3 is 2.86 bits per heavy atom. The highest BCUT2D eigenvalue weighted by Gasteiger charge is 2.19. The molecule has 0 aromatic carbocycles. The van der Waals surface area contributed by atoms with Crippen molar-refractivity contribution < 1.29 is 4.79 Å². The van der Waals surface area contributed by atoms with Gasteiger partial charge in [-0.3, -0.25) is 4.90 Å². The predicted molar refractivity (Wildman–Crippen MR) is 86.9 cm³/mol. The van der Waals surface area contributed by atoms with Gasteiger partial charge in [0.25, 0.3) is 0 Å². The van der Waals surface area contributed by atoms with E-state index in [9.17, 15) is 4.79 Å². The van der Waals surface area contributed by atoms with E-state index in [0.29, 0.717) is 6.04 Å². The molecule has 1 fully saturated rings. The minimum absolute atomic E-state index is 0.0169. The monoisotopic (exact) mass is 310 g/mol. The van der Waals surface area contributed by atoms with Gasteiger partial charge >= 0.3 is 6.03 Å².